The molecular weight excluding hydrogens is 160 g/mol. The third-order valence-corrected chi connectivity index (χ3v) is 2.93. The first kappa shape index (κ1) is 7.25. The Morgan fingerprint density at radius 1 is 1.15 bits per heavy atom. The summed E-state index contributed by atoms with van der Waals surface area (Å²) in [4.78, 5) is 9.36. The van der Waals surface area contributed by atoms with Crippen LogP contribution in [-0.2, 0) is 0 Å². The Kier molecular flexibility index (Phi) is 1.22. The van der Waals surface area contributed by atoms with Crippen molar-refractivity contribution in [1.82, 2.24) is 0 Å². The van der Waals surface area contributed by atoms with E-state index in [4.69, 9.17) is 0 Å². The Balaban J connectivity index is 2.22. The Morgan fingerprint density at radius 3 is 2.15 bits per heavy atom. The SMILES string of the molecule is CC1(C2CC2)N=c2ccccc2=N1. The summed E-state index contributed by atoms with van der Waals surface area (Å²) < 4.78 is 0. The lowest BCUT2D eigenvalue weighted by molar-refractivity contribution is 0.429. The molecule has 1 aliphatic heterocycles. The second kappa shape index (κ2) is 2.19. The number of para-hydroxylation sites is 2. The van der Waals surface area contributed by atoms with Gasteiger partial charge < -0.3 is 0 Å². The van der Waals surface area contributed by atoms with Crippen molar-refractivity contribution in [2.24, 2.45) is 15.9 Å². The summed E-state index contributed by atoms with van der Waals surface area (Å²) in [6.45, 7) is 2.14. The van der Waals surface area contributed by atoms with Crippen molar-refractivity contribution in [1.29, 1.82) is 0 Å². The van der Waals surface area contributed by atoms with Gasteiger partial charge in [-0.2, -0.15) is 0 Å². The van der Waals surface area contributed by atoms with Crippen LogP contribution >= 0.6 is 0 Å². The number of hydrogen-bond donors (Lipinski definition) is 0. The number of rotatable bonds is 1. The van der Waals surface area contributed by atoms with Crippen molar-refractivity contribution in [3.8, 4) is 0 Å². The minimum Gasteiger partial charge on any atom is -0.253 e. The Labute approximate surface area is 77.0 Å². The van der Waals surface area contributed by atoms with E-state index in [0.717, 1.165) is 10.7 Å². The quantitative estimate of drug-likeness (QED) is 0.605. The lowest BCUT2D eigenvalue weighted by Crippen LogP contribution is -2.20. The van der Waals surface area contributed by atoms with E-state index in [0.29, 0.717) is 5.92 Å². The van der Waals surface area contributed by atoms with Crippen LogP contribution in [0.5, 0.6) is 0 Å². The number of fused-ring (bicyclic) bond motifs is 1. The van der Waals surface area contributed by atoms with Gasteiger partial charge in [-0.1, -0.05) is 12.1 Å². The van der Waals surface area contributed by atoms with Gasteiger partial charge >= 0.3 is 0 Å². The fourth-order valence-corrected chi connectivity index (χ4v) is 1.98. The van der Waals surface area contributed by atoms with Gasteiger partial charge in [-0.15, -0.1) is 0 Å². The first-order chi connectivity index (χ1) is 6.28. The van der Waals surface area contributed by atoms with Gasteiger partial charge in [0.2, 0.25) is 0 Å². The molecule has 0 amide bonds. The topological polar surface area (TPSA) is 24.7 Å². The number of hydrogen-bond acceptors (Lipinski definition) is 2. The first-order valence-corrected chi connectivity index (χ1v) is 4.83. The second-order valence-electron chi connectivity index (χ2n) is 4.08. The van der Waals surface area contributed by atoms with E-state index in [9.17, 15) is 0 Å². The molecule has 1 aliphatic carbocycles. The highest BCUT2D eigenvalue weighted by Crippen LogP contribution is 2.42. The maximum atomic E-state index is 4.68. The Bertz CT molecular complexity index is 422. The van der Waals surface area contributed by atoms with E-state index in [1.165, 1.54) is 12.8 Å². The molecule has 2 heteroatoms. The van der Waals surface area contributed by atoms with Crippen LogP contribution in [0.15, 0.2) is 34.3 Å². The largest absolute Gasteiger partial charge is 0.253 e. The molecule has 0 N–H and O–H groups in total. The first-order valence-electron chi connectivity index (χ1n) is 4.83. The standard InChI is InChI=1S/C11H12N2/c1-11(8-6-7-8)12-9-4-2-3-5-10(9)13-11/h2-5,8H,6-7H2,1H3. The molecule has 0 bridgehead atoms. The van der Waals surface area contributed by atoms with Crippen molar-refractivity contribution >= 4 is 0 Å². The predicted molar refractivity (Wildman–Crippen MR) is 49.9 cm³/mol. The summed E-state index contributed by atoms with van der Waals surface area (Å²) in [5.41, 5.74) is -0.135. The van der Waals surface area contributed by atoms with E-state index >= 15 is 0 Å². The van der Waals surface area contributed by atoms with Gasteiger partial charge in [-0.3, -0.25) is 9.98 Å². The minimum absolute atomic E-state index is 0.135. The number of benzene rings is 1. The van der Waals surface area contributed by atoms with Crippen LogP contribution < -0.4 is 10.7 Å². The molecule has 1 aromatic rings. The van der Waals surface area contributed by atoms with Gasteiger partial charge in [0.15, 0.2) is 5.66 Å². The summed E-state index contributed by atoms with van der Waals surface area (Å²) in [5, 5.41) is 2.13. The third kappa shape index (κ3) is 1.01. The van der Waals surface area contributed by atoms with Crippen molar-refractivity contribution < 1.29 is 0 Å². The molecule has 0 atom stereocenters. The zero-order valence-electron chi connectivity index (χ0n) is 7.70. The molecule has 1 aromatic carbocycles. The lowest BCUT2D eigenvalue weighted by atomic mass is 10.1. The van der Waals surface area contributed by atoms with Crippen LogP contribution in [0.3, 0.4) is 0 Å². The van der Waals surface area contributed by atoms with Gasteiger partial charge in [-0.25, -0.2) is 0 Å². The summed E-state index contributed by atoms with van der Waals surface area (Å²) in [6.07, 6.45) is 2.58. The van der Waals surface area contributed by atoms with Gasteiger partial charge in [0.05, 0.1) is 10.7 Å². The predicted octanol–water partition coefficient (Wildman–Crippen LogP) is 1.07. The smallest absolute Gasteiger partial charge is 0.151 e. The highest BCUT2D eigenvalue weighted by atomic mass is 15.1. The molecule has 1 fully saturated rings. The summed E-state index contributed by atoms with van der Waals surface area (Å²) in [6, 6.07) is 8.14. The minimum atomic E-state index is -0.135. The van der Waals surface area contributed by atoms with E-state index in [2.05, 4.69) is 16.9 Å². The maximum Gasteiger partial charge on any atom is 0.151 e. The molecule has 1 heterocycles. The molecule has 2 nitrogen and oxygen atoms in total. The van der Waals surface area contributed by atoms with Gasteiger partial charge in [0, 0.05) is 5.92 Å². The summed E-state index contributed by atoms with van der Waals surface area (Å²) in [5.74, 6) is 0.694. The average Bonchev–Trinajstić information content (AvgIpc) is 2.88. The zero-order valence-corrected chi connectivity index (χ0v) is 7.70. The van der Waals surface area contributed by atoms with E-state index in [1.807, 2.05) is 24.3 Å². The van der Waals surface area contributed by atoms with Crippen LogP contribution in [0.4, 0.5) is 0 Å². The molecule has 3 rings (SSSR count). The fraction of sp³-hybridized carbons (Fsp3) is 0.455. The molecule has 0 unspecified atom stereocenters. The number of nitrogens with zero attached hydrogens (tertiary/aromatic N) is 2. The lowest BCUT2D eigenvalue weighted by Gasteiger charge is -2.15. The molecule has 13 heavy (non-hydrogen) atoms. The van der Waals surface area contributed by atoms with Crippen LogP contribution in [0.25, 0.3) is 0 Å². The van der Waals surface area contributed by atoms with Gasteiger partial charge in [-0.05, 0) is 31.9 Å². The van der Waals surface area contributed by atoms with Gasteiger partial charge in [0.25, 0.3) is 0 Å². The normalized spacial score (nSPS) is 23.2. The second-order valence-corrected chi connectivity index (χ2v) is 4.08. The van der Waals surface area contributed by atoms with Crippen LogP contribution in [0, 0.1) is 5.92 Å². The van der Waals surface area contributed by atoms with E-state index < -0.39 is 0 Å². The molecule has 1 saturated carbocycles. The highest BCUT2D eigenvalue weighted by Gasteiger charge is 2.42. The molecule has 0 aromatic heterocycles. The van der Waals surface area contributed by atoms with Crippen molar-refractivity contribution in [3.63, 3.8) is 0 Å². The molecule has 0 spiro atoms. The van der Waals surface area contributed by atoms with Gasteiger partial charge in [0.1, 0.15) is 0 Å². The monoisotopic (exact) mass is 172 g/mol. The molecule has 2 aliphatic rings. The highest BCUT2D eigenvalue weighted by molar-refractivity contribution is 5.09. The molecule has 0 saturated heterocycles. The summed E-state index contributed by atoms with van der Waals surface area (Å²) >= 11 is 0. The van der Waals surface area contributed by atoms with Crippen molar-refractivity contribution in [2.75, 3.05) is 0 Å². The molecular formula is C11H12N2. The van der Waals surface area contributed by atoms with Crippen molar-refractivity contribution in [2.45, 2.75) is 25.4 Å². The van der Waals surface area contributed by atoms with Crippen LogP contribution in [0.1, 0.15) is 19.8 Å². The van der Waals surface area contributed by atoms with Crippen LogP contribution in [-0.4, -0.2) is 5.66 Å². The zero-order chi connectivity index (χ0) is 8.89. The fourth-order valence-electron chi connectivity index (χ4n) is 1.98. The van der Waals surface area contributed by atoms with E-state index in [-0.39, 0.29) is 5.66 Å². The summed E-state index contributed by atoms with van der Waals surface area (Å²) in [7, 11) is 0. The molecule has 66 valence electrons. The Hall–Kier alpha value is -1.18. The maximum absolute atomic E-state index is 4.68. The van der Waals surface area contributed by atoms with Crippen molar-refractivity contribution in [3.05, 3.63) is 35.0 Å². The van der Waals surface area contributed by atoms with Crippen LogP contribution in [0.2, 0.25) is 0 Å². The third-order valence-electron chi connectivity index (χ3n) is 2.93. The average molecular weight is 172 g/mol. The molecule has 0 radical (unpaired) electrons. The Morgan fingerprint density at radius 2 is 1.69 bits per heavy atom. The van der Waals surface area contributed by atoms with E-state index in [1.54, 1.807) is 0 Å².